The molecule has 0 radical (unpaired) electrons. The lowest BCUT2D eigenvalue weighted by atomic mass is 9.74. The van der Waals surface area contributed by atoms with Gasteiger partial charge in [0.15, 0.2) is 0 Å². The molecule has 1 aromatic rings. The maximum Gasteiger partial charge on any atom is 0.307 e. The van der Waals surface area contributed by atoms with E-state index in [9.17, 15) is 4.79 Å². The zero-order valence-electron chi connectivity index (χ0n) is 11.2. The van der Waals surface area contributed by atoms with Crippen LogP contribution in [0, 0.1) is 5.92 Å². The fourth-order valence-electron chi connectivity index (χ4n) is 1.43. The molecule has 0 heterocycles. The van der Waals surface area contributed by atoms with Gasteiger partial charge in [-0.15, -0.1) is 0 Å². The Bertz CT molecular complexity index is 392. The molecule has 4 nitrogen and oxygen atoms in total. The summed E-state index contributed by atoms with van der Waals surface area (Å²) in [5, 5.41) is 16.4. The van der Waals surface area contributed by atoms with Crippen LogP contribution in [-0.4, -0.2) is 22.2 Å². The molecule has 0 spiro atoms. The zero-order chi connectivity index (χ0) is 14.3. The van der Waals surface area contributed by atoms with E-state index in [1.807, 2.05) is 44.2 Å². The van der Waals surface area contributed by atoms with E-state index in [2.05, 4.69) is 0 Å². The van der Waals surface area contributed by atoms with Crippen LogP contribution in [0.5, 0.6) is 0 Å². The number of carbonyl (C=O) groups is 2. The van der Waals surface area contributed by atoms with E-state index in [-0.39, 0.29) is 11.3 Å². The Hall–Kier alpha value is -1.84. The Morgan fingerprint density at radius 1 is 1.11 bits per heavy atom. The lowest BCUT2D eigenvalue weighted by Crippen LogP contribution is -2.32. The predicted octanol–water partition coefficient (Wildman–Crippen LogP) is 2.78. The maximum atomic E-state index is 10.9. The first kappa shape index (κ1) is 16.2. The molecule has 0 aliphatic heterocycles. The molecule has 100 valence electrons. The SMILES string of the molecule is CC(=O)O.CC(C(=O)O)C(C)(C)c1ccccc1. The molecule has 2 N–H and O–H groups in total. The Morgan fingerprint density at radius 2 is 1.50 bits per heavy atom. The average molecular weight is 252 g/mol. The van der Waals surface area contributed by atoms with E-state index in [0.717, 1.165) is 12.5 Å². The van der Waals surface area contributed by atoms with Crippen molar-refractivity contribution >= 4 is 11.9 Å². The first-order chi connectivity index (χ1) is 8.19. The third kappa shape index (κ3) is 4.99. The minimum Gasteiger partial charge on any atom is -0.481 e. The normalized spacial score (nSPS) is 12.0. The van der Waals surface area contributed by atoms with Crippen molar-refractivity contribution in [3.63, 3.8) is 0 Å². The fourth-order valence-corrected chi connectivity index (χ4v) is 1.43. The van der Waals surface area contributed by atoms with Gasteiger partial charge in [-0.05, 0) is 5.56 Å². The summed E-state index contributed by atoms with van der Waals surface area (Å²) in [5.41, 5.74) is 0.738. The average Bonchev–Trinajstić information content (AvgIpc) is 2.28. The number of carboxylic acid groups (broad SMARTS) is 2. The van der Waals surface area contributed by atoms with Crippen molar-refractivity contribution in [2.75, 3.05) is 0 Å². The van der Waals surface area contributed by atoms with Crippen LogP contribution < -0.4 is 0 Å². The molecular weight excluding hydrogens is 232 g/mol. The van der Waals surface area contributed by atoms with E-state index >= 15 is 0 Å². The summed E-state index contributed by atoms with van der Waals surface area (Å²) in [6, 6.07) is 9.75. The summed E-state index contributed by atoms with van der Waals surface area (Å²) in [5.74, 6) is -1.97. The Kier molecular flexibility index (Phi) is 6.09. The lowest BCUT2D eigenvalue weighted by molar-refractivity contribution is -0.143. The molecule has 0 amide bonds. The van der Waals surface area contributed by atoms with Crippen LogP contribution >= 0.6 is 0 Å². The minimum atomic E-state index is -0.833. The predicted molar refractivity (Wildman–Crippen MR) is 69.6 cm³/mol. The van der Waals surface area contributed by atoms with Crippen LogP contribution in [0.2, 0.25) is 0 Å². The summed E-state index contributed by atoms with van der Waals surface area (Å²) in [4.78, 5) is 19.9. The topological polar surface area (TPSA) is 74.6 Å². The Morgan fingerprint density at radius 3 is 1.83 bits per heavy atom. The van der Waals surface area contributed by atoms with Gasteiger partial charge in [0.2, 0.25) is 0 Å². The molecule has 4 heteroatoms. The number of carboxylic acids is 2. The van der Waals surface area contributed by atoms with Crippen molar-refractivity contribution in [2.24, 2.45) is 5.92 Å². The largest absolute Gasteiger partial charge is 0.481 e. The molecular formula is C14H20O4. The molecule has 1 atom stereocenters. The summed E-state index contributed by atoms with van der Waals surface area (Å²) in [7, 11) is 0. The van der Waals surface area contributed by atoms with Crippen molar-refractivity contribution in [1.82, 2.24) is 0 Å². The lowest BCUT2D eigenvalue weighted by Gasteiger charge is -2.29. The van der Waals surface area contributed by atoms with E-state index in [4.69, 9.17) is 15.0 Å². The standard InChI is InChI=1S/C12H16O2.C2H4O2/c1-9(11(13)14)12(2,3)10-7-5-4-6-8-10;1-2(3)4/h4-9H,1-3H3,(H,13,14);1H3,(H,3,4). The highest BCUT2D eigenvalue weighted by Gasteiger charge is 2.32. The Labute approximate surface area is 107 Å². The van der Waals surface area contributed by atoms with Crippen molar-refractivity contribution < 1.29 is 19.8 Å². The van der Waals surface area contributed by atoms with Crippen LogP contribution in [0.25, 0.3) is 0 Å². The fraction of sp³-hybridized carbons (Fsp3) is 0.429. The molecule has 0 aliphatic carbocycles. The molecule has 0 bridgehead atoms. The highest BCUT2D eigenvalue weighted by molar-refractivity contribution is 5.71. The van der Waals surface area contributed by atoms with Gasteiger partial charge in [0.05, 0.1) is 5.92 Å². The molecule has 0 saturated heterocycles. The number of hydrogen-bond donors (Lipinski definition) is 2. The van der Waals surface area contributed by atoms with Crippen LogP contribution in [0.4, 0.5) is 0 Å². The summed E-state index contributed by atoms with van der Waals surface area (Å²) >= 11 is 0. The molecule has 0 saturated carbocycles. The molecule has 18 heavy (non-hydrogen) atoms. The summed E-state index contributed by atoms with van der Waals surface area (Å²) < 4.78 is 0. The van der Waals surface area contributed by atoms with Gasteiger partial charge in [0.1, 0.15) is 0 Å². The van der Waals surface area contributed by atoms with Crippen molar-refractivity contribution in [3.8, 4) is 0 Å². The van der Waals surface area contributed by atoms with Crippen molar-refractivity contribution in [2.45, 2.75) is 33.1 Å². The molecule has 1 rings (SSSR count). The van der Waals surface area contributed by atoms with E-state index in [1.165, 1.54) is 0 Å². The maximum absolute atomic E-state index is 10.9. The second kappa shape index (κ2) is 6.79. The van der Waals surface area contributed by atoms with Crippen LogP contribution in [0.3, 0.4) is 0 Å². The van der Waals surface area contributed by atoms with Gasteiger partial charge in [-0.1, -0.05) is 51.1 Å². The van der Waals surface area contributed by atoms with Gasteiger partial charge in [-0.2, -0.15) is 0 Å². The Balaban J connectivity index is 0.000000631. The summed E-state index contributed by atoms with van der Waals surface area (Å²) in [6.45, 7) is 6.75. The van der Waals surface area contributed by atoms with Gasteiger partial charge >= 0.3 is 5.97 Å². The van der Waals surface area contributed by atoms with Crippen LogP contribution in [0.15, 0.2) is 30.3 Å². The van der Waals surface area contributed by atoms with E-state index in [0.29, 0.717) is 0 Å². The van der Waals surface area contributed by atoms with Gasteiger partial charge in [-0.3, -0.25) is 9.59 Å². The van der Waals surface area contributed by atoms with Crippen LogP contribution in [-0.2, 0) is 15.0 Å². The number of hydrogen-bond acceptors (Lipinski definition) is 2. The van der Waals surface area contributed by atoms with Gasteiger partial charge in [-0.25, -0.2) is 0 Å². The first-order valence-corrected chi connectivity index (χ1v) is 5.67. The molecule has 0 fully saturated rings. The zero-order valence-corrected chi connectivity index (χ0v) is 11.2. The minimum absolute atomic E-state index is 0.326. The van der Waals surface area contributed by atoms with Gasteiger partial charge in [0, 0.05) is 12.3 Å². The summed E-state index contributed by atoms with van der Waals surface area (Å²) in [6.07, 6.45) is 0. The smallest absolute Gasteiger partial charge is 0.307 e. The van der Waals surface area contributed by atoms with E-state index in [1.54, 1.807) is 6.92 Å². The van der Waals surface area contributed by atoms with Crippen LogP contribution in [0.1, 0.15) is 33.3 Å². The van der Waals surface area contributed by atoms with E-state index < -0.39 is 11.9 Å². The molecule has 1 aromatic carbocycles. The van der Waals surface area contributed by atoms with Gasteiger partial charge < -0.3 is 10.2 Å². The molecule has 1 unspecified atom stereocenters. The quantitative estimate of drug-likeness (QED) is 0.867. The molecule has 0 aromatic heterocycles. The highest BCUT2D eigenvalue weighted by atomic mass is 16.4. The first-order valence-electron chi connectivity index (χ1n) is 5.67. The third-order valence-electron chi connectivity index (χ3n) is 2.97. The monoisotopic (exact) mass is 252 g/mol. The second-order valence-corrected chi connectivity index (χ2v) is 4.67. The van der Waals surface area contributed by atoms with Crippen molar-refractivity contribution in [1.29, 1.82) is 0 Å². The number of aliphatic carboxylic acids is 2. The number of rotatable bonds is 3. The molecule has 0 aliphatic rings. The highest BCUT2D eigenvalue weighted by Crippen LogP contribution is 2.31. The second-order valence-electron chi connectivity index (χ2n) is 4.67. The third-order valence-corrected chi connectivity index (χ3v) is 2.97. The van der Waals surface area contributed by atoms with Gasteiger partial charge in [0.25, 0.3) is 5.97 Å². The van der Waals surface area contributed by atoms with Crippen molar-refractivity contribution in [3.05, 3.63) is 35.9 Å². The number of benzene rings is 1.